The first-order valence-electron chi connectivity index (χ1n) is 5.84. The van der Waals surface area contributed by atoms with Gasteiger partial charge in [0.15, 0.2) is 0 Å². The Labute approximate surface area is 100 Å². The molecule has 0 saturated carbocycles. The van der Waals surface area contributed by atoms with Crippen LogP contribution in [0.15, 0.2) is 41.5 Å². The molecule has 1 aliphatic rings. The topological polar surface area (TPSA) is 38.4 Å². The van der Waals surface area contributed by atoms with E-state index in [0.717, 1.165) is 12.8 Å². The van der Waals surface area contributed by atoms with Crippen molar-refractivity contribution in [3.63, 3.8) is 0 Å². The van der Waals surface area contributed by atoms with Crippen molar-refractivity contribution < 1.29 is 0 Å². The molecule has 0 bridgehead atoms. The Bertz CT molecular complexity index is 624. The minimum Gasteiger partial charge on any atom is -0.323 e. The molecule has 0 atom stereocenters. The Kier molecular flexibility index (Phi) is 2.41. The lowest BCUT2D eigenvalue weighted by molar-refractivity contribution is 0.986. The number of nitrogens with zero attached hydrogens (tertiary/aromatic N) is 1. The van der Waals surface area contributed by atoms with E-state index in [1.807, 2.05) is 0 Å². The van der Waals surface area contributed by atoms with Crippen molar-refractivity contribution in [3.8, 4) is 0 Å². The fraction of sp³-hybridized carbons (Fsp3) is 0.133. The Morgan fingerprint density at radius 3 is 3.00 bits per heavy atom. The highest BCUT2D eigenvalue weighted by Gasteiger charge is 2.12. The summed E-state index contributed by atoms with van der Waals surface area (Å²) in [6, 6.07) is 10.6. The second-order valence-corrected chi connectivity index (χ2v) is 4.30. The van der Waals surface area contributed by atoms with Gasteiger partial charge in [0.1, 0.15) is 0 Å². The predicted octanol–water partition coefficient (Wildman–Crippen LogP) is 3.09. The summed E-state index contributed by atoms with van der Waals surface area (Å²) >= 11 is 0. The number of rotatable bonds is 1. The van der Waals surface area contributed by atoms with Crippen molar-refractivity contribution in [2.45, 2.75) is 12.8 Å². The summed E-state index contributed by atoms with van der Waals surface area (Å²) < 4.78 is 0. The van der Waals surface area contributed by atoms with Crippen LogP contribution in [0.3, 0.4) is 0 Å². The first-order chi connectivity index (χ1) is 8.40. The van der Waals surface area contributed by atoms with Crippen molar-refractivity contribution in [2.75, 3.05) is 0 Å². The molecule has 0 spiro atoms. The molecule has 0 saturated heterocycles. The van der Waals surface area contributed by atoms with E-state index < -0.39 is 0 Å². The van der Waals surface area contributed by atoms with Gasteiger partial charge in [-0.1, -0.05) is 36.4 Å². The molecular weight excluding hydrogens is 208 g/mol. The van der Waals surface area contributed by atoms with E-state index in [1.54, 1.807) is 6.21 Å². The Balaban J connectivity index is 2.41. The minimum atomic E-state index is 1.07. The molecule has 2 aromatic carbocycles. The summed E-state index contributed by atoms with van der Waals surface area (Å²) in [7, 11) is 0. The summed E-state index contributed by atoms with van der Waals surface area (Å²) in [5.41, 5.74) is 3.83. The summed E-state index contributed by atoms with van der Waals surface area (Å²) in [6.45, 7) is 0. The summed E-state index contributed by atoms with van der Waals surface area (Å²) in [5, 5.41) is 6.19. The molecule has 0 amide bonds. The molecule has 0 fully saturated rings. The number of benzene rings is 2. The Morgan fingerprint density at radius 2 is 2.12 bits per heavy atom. The molecule has 2 aromatic rings. The van der Waals surface area contributed by atoms with Crippen LogP contribution < -0.4 is 5.84 Å². The molecule has 2 N–H and O–H groups in total. The van der Waals surface area contributed by atoms with Gasteiger partial charge in [0.05, 0.1) is 6.21 Å². The van der Waals surface area contributed by atoms with Gasteiger partial charge in [0, 0.05) is 5.56 Å². The van der Waals surface area contributed by atoms with Crippen LogP contribution in [0.5, 0.6) is 0 Å². The summed E-state index contributed by atoms with van der Waals surface area (Å²) in [4.78, 5) is 0. The van der Waals surface area contributed by atoms with Gasteiger partial charge in [-0.2, -0.15) is 5.10 Å². The molecule has 0 aromatic heterocycles. The lowest BCUT2D eigenvalue weighted by Crippen LogP contribution is -2.02. The molecule has 84 valence electrons. The van der Waals surface area contributed by atoms with E-state index in [2.05, 4.69) is 47.6 Å². The van der Waals surface area contributed by atoms with Crippen LogP contribution in [0.4, 0.5) is 0 Å². The molecule has 3 rings (SSSR count). The van der Waals surface area contributed by atoms with Crippen LogP contribution in [0.1, 0.15) is 23.1 Å². The van der Waals surface area contributed by atoms with Crippen LogP contribution >= 0.6 is 0 Å². The molecule has 0 heterocycles. The van der Waals surface area contributed by atoms with Gasteiger partial charge in [-0.15, -0.1) is 0 Å². The van der Waals surface area contributed by atoms with Crippen LogP contribution in [-0.4, -0.2) is 6.21 Å². The van der Waals surface area contributed by atoms with E-state index in [1.165, 1.54) is 27.5 Å². The zero-order valence-electron chi connectivity index (χ0n) is 9.56. The SMILES string of the molecule is N/N=C\c1c2c(cc3ccccc13)C=CCC2. The third-order valence-corrected chi connectivity index (χ3v) is 3.30. The smallest absolute Gasteiger partial charge is 0.0547 e. The average molecular weight is 222 g/mol. The predicted molar refractivity (Wildman–Crippen MR) is 73.1 cm³/mol. The van der Waals surface area contributed by atoms with Crippen molar-refractivity contribution in [3.05, 3.63) is 53.1 Å². The minimum absolute atomic E-state index is 1.07. The van der Waals surface area contributed by atoms with Crippen LogP contribution in [-0.2, 0) is 6.42 Å². The second-order valence-electron chi connectivity index (χ2n) is 4.30. The quantitative estimate of drug-likeness (QED) is 0.449. The highest BCUT2D eigenvalue weighted by atomic mass is 15.1. The number of nitrogens with two attached hydrogens (primary N) is 1. The first-order valence-corrected chi connectivity index (χ1v) is 5.84. The second kappa shape index (κ2) is 4.06. The van der Waals surface area contributed by atoms with Gasteiger partial charge in [0.25, 0.3) is 0 Å². The van der Waals surface area contributed by atoms with Crippen LogP contribution in [0.2, 0.25) is 0 Å². The van der Waals surface area contributed by atoms with Gasteiger partial charge in [-0.3, -0.25) is 0 Å². The third-order valence-electron chi connectivity index (χ3n) is 3.30. The highest BCUT2D eigenvalue weighted by molar-refractivity contribution is 6.03. The van der Waals surface area contributed by atoms with E-state index in [9.17, 15) is 0 Å². The van der Waals surface area contributed by atoms with E-state index >= 15 is 0 Å². The molecule has 2 nitrogen and oxygen atoms in total. The lowest BCUT2D eigenvalue weighted by atomic mass is 9.89. The maximum Gasteiger partial charge on any atom is 0.0547 e. The number of hydrogen-bond acceptors (Lipinski definition) is 2. The van der Waals surface area contributed by atoms with Crippen molar-refractivity contribution >= 4 is 23.1 Å². The highest BCUT2D eigenvalue weighted by Crippen LogP contribution is 2.29. The first kappa shape index (κ1) is 10.1. The van der Waals surface area contributed by atoms with Crippen molar-refractivity contribution in [2.24, 2.45) is 10.9 Å². The van der Waals surface area contributed by atoms with Gasteiger partial charge in [-0.25, -0.2) is 0 Å². The van der Waals surface area contributed by atoms with Crippen LogP contribution in [0, 0.1) is 0 Å². The lowest BCUT2D eigenvalue weighted by Gasteiger charge is -2.16. The number of hydrogen-bond donors (Lipinski definition) is 1. The molecule has 0 unspecified atom stereocenters. The molecular formula is C15H14N2. The van der Waals surface area contributed by atoms with Gasteiger partial charge < -0.3 is 5.84 Å². The Morgan fingerprint density at radius 1 is 1.24 bits per heavy atom. The number of fused-ring (bicyclic) bond motifs is 2. The van der Waals surface area contributed by atoms with E-state index in [-0.39, 0.29) is 0 Å². The van der Waals surface area contributed by atoms with Gasteiger partial charge in [-0.05, 0) is 40.8 Å². The van der Waals surface area contributed by atoms with Crippen LogP contribution in [0.25, 0.3) is 16.8 Å². The zero-order valence-corrected chi connectivity index (χ0v) is 9.56. The third kappa shape index (κ3) is 1.62. The molecule has 2 heteroatoms. The Hall–Kier alpha value is -2.09. The standard InChI is InChI=1S/C15H14N2/c16-17-10-15-13-7-3-1-5-11(13)9-12-6-2-4-8-14(12)15/h1-3,5-7,9-10H,4,8,16H2/b17-10-. The fourth-order valence-electron chi connectivity index (χ4n) is 2.53. The summed E-state index contributed by atoms with van der Waals surface area (Å²) in [5.74, 6) is 5.34. The maximum atomic E-state index is 5.34. The maximum absolute atomic E-state index is 5.34. The monoisotopic (exact) mass is 222 g/mol. The zero-order chi connectivity index (χ0) is 11.7. The van der Waals surface area contributed by atoms with Gasteiger partial charge in [0.2, 0.25) is 0 Å². The molecule has 17 heavy (non-hydrogen) atoms. The molecule has 0 aliphatic heterocycles. The van der Waals surface area contributed by atoms with Gasteiger partial charge >= 0.3 is 0 Å². The van der Waals surface area contributed by atoms with E-state index in [4.69, 9.17) is 5.84 Å². The number of hydrazone groups is 1. The fourth-order valence-corrected chi connectivity index (χ4v) is 2.53. The molecule has 0 radical (unpaired) electrons. The van der Waals surface area contributed by atoms with E-state index in [0.29, 0.717) is 0 Å². The largest absolute Gasteiger partial charge is 0.323 e. The van der Waals surface area contributed by atoms with Crippen molar-refractivity contribution in [1.29, 1.82) is 0 Å². The number of allylic oxidation sites excluding steroid dienone is 1. The summed E-state index contributed by atoms with van der Waals surface area (Å²) in [6.07, 6.45) is 8.36. The molecule has 1 aliphatic carbocycles. The van der Waals surface area contributed by atoms with Crippen molar-refractivity contribution in [1.82, 2.24) is 0 Å². The average Bonchev–Trinajstić information content (AvgIpc) is 2.39. The normalized spacial score (nSPS) is 14.4.